The fraction of sp³-hybridized carbons (Fsp3) is 0.524. The van der Waals surface area contributed by atoms with E-state index >= 15 is 0 Å². The molecule has 1 aromatic rings. The molecule has 3 aliphatic carbocycles. The van der Waals surface area contributed by atoms with Gasteiger partial charge in [-0.25, -0.2) is 0 Å². The molecule has 11 nitrogen and oxygen atoms in total. The molecule has 11 heteroatoms. The topological polar surface area (TPSA) is 207 Å². The number of carbonyl (C=O) groups is 4. The van der Waals surface area contributed by atoms with Crippen LogP contribution < -0.4 is 11.1 Å². The molecular weight excluding hydrogens is 424 g/mol. The second-order valence-electron chi connectivity index (χ2n) is 8.91. The van der Waals surface area contributed by atoms with Crippen LogP contribution in [0.25, 0.3) is 0 Å². The number of Topliss-reactive ketones (excluding diaryl/α,β-unsaturated/α-hetero) is 3. The molecule has 2 saturated carbocycles. The number of rotatable bonds is 2. The Kier molecular flexibility index (Phi) is 4.85. The predicted molar refractivity (Wildman–Crippen MR) is 105 cm³/mol. The fourth-order valence-corrected chi connectivity index (χ4v) is 5.94. The van der Waals surface area contributed by atoms with Crippen LogP contribution in [0, 0.1) is 23.7 Å². The number of fused-ring (bicyclic) bond motifs is 3. The second-order valence-corrected chi connectivity index (χ2v) is 8.91. The quantitative estimate of drug-likeness (QED) is 0.227. The van der Waals surface area contributed by atoms with Gasteiger partial charge >= 0.3 is 0 Å². The molecule has 4 rings (SSSR count). The molecule has 1 aromatic carbocycles. The summed E-state index contributed by atoms with van der Waals surface area (Å²) in [6.45, 7) is 1.25. The van der Waals surface area contributed by atoms with E-state index in [2.05, 4.69) is 5.32 Å². The molecule has 8 N–H and O–H groups in total. The highest BCUT2D eigenvalue weighted by atomic mass is 16.3. The second kappa shape index (κ2) is 6.90. The van der Waals surface area contributed by atoms with Gasteiger partial charge < -0.3 is 36.6 Å². The summed E-state index contributed by atoms with van der Waals surface area (Å²) in [6.07, 6.45) is -3.63. The number of aliphatic hydroxyl groups excluding tert-OH is 2. The molecule has 1 amide bonds. The molecular formula is C21H24N2O9. The minimum Gasteiger partial charge on any atom is -0.507 e. The maximum atomic E-state index is 13.6. The van der Waals surface area contributed by atoms with Crippen LogP contribution in [0.1, 0.15) is 22.8 Å². The van der Waals surface area contributed by atoms with Crippen LogP contribution in [0.3, 0.4) is 0 Å². The highest BCUT2D eigenvalue weighted by molar-refractivity contribution is 6.25. The molecule has 32 heavy (non-hydrogen) atoms. The number of ketones is 3. The Hall–Kier alpha value is -2.70. The number of nitrogens with two attached hydrogens (primary N) is 1. The first-order chi connectivity index (χ1) is 14.8. The summed E-state index contributed by atoms with van der Waals surface area (Å²) in [5.41, 5.74) is -0.222. The van der Waals surface area contributed by atoms with Gasteiger partial charge in [0, 0.05) is 17.9 Å². The zero-order valence-electron chi connectivity index (χ0n) is 17.2. The number of hydrogen-bond acceptors (Lipinski definition) is 10. The lowest BCUT2D eigenvalue weighted by molar-refractivity contribution is -0.215. The van der Waals surface area contributed by atoms with Crippen LogP contribution in [0.5, 0.6) is 5.75 Å². The summed E-state index contributed by atoms with van der Waals surface area (Å²) in [5, 5.41) is 57.5. The van der Waals surface area contributed by atoms with Crippen LogP contribution in [0.2, 0.25) is 0 Å². The lowest BCUT2D eigenvalue weighted by Crippen LogP contribution is -2.79. The molecule has 172 valence electrons. The number of amides is 1. The molecule has 0 spiro atoms. The molecule has 9 unspecified atom stereocenters. The van der Waals surface area contributed by atoms with E-state index in [0.29, 0.717) is 0 Å². The molecule has 3 aliphatic rings. The van der Waals surface area contributed by atoms with Crippen molar-refractivity contribution in [2.24, 2.45) is 29.4 Å². The number of likely N-dealkylation sites (N-methyl/N-ethyl adjacent to an activating group) is 1. The molecule has 0 aliphatic heterocycles. The van der Waals surface area contributed by atoms with Crippen molar-refractivity contribution in [3.05, 3.63) is 29.3 Å². The van der Waals surface area contributed by atoms with Crippen molar-refractivity contribution in [3.8, 4) is 5.75 Å². The smallest absolute Gasteiger partial charge is 0.230 e. The monoisotopic (exact) mass is 448 g/mol. The Labute approximate surface area is 181 Å². The molecule has 9 atom stereocenters. The number of phenolic OH excluding ortho intramolecular Hbond substituents is 1. The zero-order chi connectivity index (χ0) is 23.9. The molecule has 0 aromatic heterocycles. The molecule has 0 bridgehead atoms. The number of aromatic hydroxyl groups is 1. The molecule has 2 fully saturated rings. The van der Waals surface area contributed by atoms with Crippen LogP contribution in [-0.4, -0.2) is 79.7 Å². The van der Waals surface area contributed by atoms with E-state index in [1.54, 1.807) is 0 Å². The summed E-state index contributed by atoms with van der Waals surface area (Å²) in [6, 6.07) is 2.56. The Bertz CT molecular complexity index is 1050. The van der Waals surface area contributed by atoms with Gasteiger partial charge in [0.2, 0.25) is 5.91 Å². The van der Waals surface area contributed by atoms with E-state index in [0.717, 1.165) is 0 Å². The molecule has 0 heterocycles. The number of aliphatic hydroxyl groups is 4. The van der Waals surface area contributed by atoms with Crippen molar-refractivity contribution in [2.45, 2.75) is 36.4 Å². The first-order valence-electron chi connectivity index (χ1n) is 10.1. The van der Waals surface area contributed by atoms with Gasteiger partial charge in [0.25, 0.3) is 0 Å². The van der Waals surface area contributed by atoms with E-state index in [9.17, 15) is 44.7 Å². The minimum atomic E-state index is -3.04. The van der Waals surface area contributed by atoms with E-state index in [-0.39, 0.29) is 11.1 Å². The first-order valence-corrected chi connectivity index (χ1v) is 10.1. The van der Waals surface area contributed by atoms with Gasteiger partial charge in [0.1, 0.15) is 11.7 Å². The van der Waals surface area contributed by atoms with E-state index < -0.39 is 82.1 Å². The first kappa shape index (κ1) is 22.5. The molecule has 0 radical (unpaired) electrons. The van der Waals surface area contributed by atoms with Crippen molar-refractivity contribution in [3.63, 3.8) is 0 Å². The Morgan fingerprint density at radius 3 is 2.25 bits per heavy atom. The number of benzene rings is 1. The van der Waals surface area contributed by atoms with Gasteiger partial charge in [-0.3, -0.25) is 19.2 Å². The SMILES string of the molecule is CNC1C(O)C(C(N)=O)C(=O)C2(O)C(=O)C3C(=O)c4c(O)cccc4C(C)(O)C3C(O)C12. The third kappa shape index (κ3) is 2.48. The third-order valence-electron chi connectivity index (χ3n) is 7.40. The number of primary amides is 1. The van der Waals surface area contributed by atoms with Gasteiger partial charge in [0.05, 0.1) is 29.3 Å². The summed E-state index contributed by atoms with van der Waals surface area (Å²) in [5.74, 6) is -12.6. The highest BCUT2D eigenvalue weighted by Crippen LogP contribution is 2.55. The highest BCUT2D eigenvalue weighted by Gasteiger charge is 2.73. The van der Waals surface area contributed by atoms with Crippen LogP contribution in [0.15, 0.2) is 18.2 Å². The average Bonchev–Trinajstić information content (AvgIpc) is 2.70. The third-order valence-corrected chi connectivity index (χ3v) is 7.40. The minimum absolute atomic E-state index is 0.0280. The van der Waals surface area contributed by atoms with Gasteiger partial charge in [-0.2, -0.15) is 0 Å². The van der Waals surface area contributed by atoms with E-state index in [1.165, 1.54) is 32.2 Å². The van der Waals surface area contributed by atoms with Crippen molar-refractivity contribution in [1.29, 1.82) is 0 Å². The number of hydrogen-bond donors (Lipinski definition) is 7. The van der Waals surface area contributed by atoms with Crippen molar-refractivity contribution < 1.29 is 44.7 Å². The van der Waals surface area contributed by atoms with Crippen molar-refractivity contribution >= 4 is 23.3 Å². The van der Waals surface area contributed by atoms with Gasteiger partial charge in [-0.05, 0) is 25.6 Å². The standard InChI is InChI=1S/C21H24N2O9/c1-20(31)6-4-3-5-7(24)8(6)14(25)9-11(20)16(27)12-13(23-2)15(26)10(19(22)30)18(29)21(12,32)17(9)28/h3-5,9-13,15-16,23-24,26-27,31-32H,1-2H3,(H2,22,30). The summed E-state index contributed by atoms with van der Waals surface area (Å²) < 4.78 is 0. The van der Waals surface area contributed by atoms with Gasteiger partial charge in [0.15, 0.2) is 23.0 Å². The fourth-order valence-electron chi connectivity index (χ4n) is 5.94. The Morgan fingerprint density at radius 2 is 1.69 bits per heavy atom. The Balaban J connectivity index is 1.98. The zero-order valence-corrected chi connectivity index (χ0v) is 17.2. The lowest BCUT2D eigenvalue weighted by Gasteiger charge is -2.58. The van der Waals surface area contributed by atoms with Crippen molar-refractivity contribution in [2.75, 3.05) is 7.05 Å². The predicted octanol–water partition coefficient (Wildman–Crippen LogP) is -3.05. The van der Waals surface area contributed by atoms with Crippen LogP contribution >= 0.6 is 0 Å². The van der Waals surface area contributed by atoms with E-state index in [1.807, 2.05) is 0 Å². The summed E-state index contributed by atoms with van der Waals surface area (Å²) >= 11 is 0. The average molecular weight is 448 g/mol. The normalized spacial score (nSPS) is 43.3. The maximum absolute atomic E-state index is 13.6. The van der Waals surface area contributed by atoms with Gasteiger partial charge in [-0.15, -0.1) is 0 Å². The maximum Gasteiger partial charge on any atom is 0.230 e. The summed E-state index contributed by atoms with van der Waals surface area (Å²) in [4.78, 5) is 51.9. The number of carbonyl (C=O) groups excluding carboxylic acids is 4. The van der Waals surface area contributed by atoms with Gasteiger partial charge in [-0.1, -0.05) is 12.1 Å². The largest absolute Gasteiger partial charge is 0.507 e. The number of phenols is 1. The van der Waals surface area contributed by atoms with E-state index in [4.69, 9.17) is 5.73 Å². The number of nitrogens with one attached hydrogen (secondary N) is 1. The lowest BCUT2D eigenvalue weighted by atomic mass is 9.48. The van der Waals surface area contributed by atoms with Crippen LogP contribution in [0.4, 0.5) is 0 Å². The summed E-state index contributed by atoms with van der Waals surface area (Å²) in [7, 11) is 1.32. The van der Waals surface area contributed by atoms with Crippen LogP contribution in [-0.2, 0) is 20.0 Å². The van der Waals surface area contributed by atoms with Crippen molar-refractivity contribution in [1.82, 2.24) is 5.32 Å². The molecule has 0 saturated heterocycles. The Morgan fingerprint density at radius 1 is 1.06 bits per heavy atom.